The van der Waals surface area contributed by atoms with Crippen molar-refractivity contribution in [2.75, 3.05) is 35.0 Å². The molecule has 9 nitrogen and oxygen atoms in total. The second-order valence-electron chi connectivity index (χ2n) is 6.88. The maximum atomic E-state index is 12.9. The van der Waals surface area contributed by atoms with E-state index in [2.05, 4.69) is 0 Å². The zero-order valence-electron chi connectivity index (χ0n) is 19.1. The second-order valence-corrected chi connectivity index (χ2v) is 6.88. The van der Waals surface area contributed by atoms with Gasteiger partial charge in [0.1, 0.15) is 12.7 Å². The van der Waals surface area contributed by atoms with E-state index in [-0.39, 0.29) is 47.3 Å². The molecule has 0 spiro atoms. The molecular formula is C23H23NaO9. The minimum absolute atomic E-state index is 0. The standard InChI is InChI=1S/C23H24O9.Na/c1-28-16-6-5-12(7-17(16)32-11-20(25)26)14-10-15(24)22(27)21(14)13-8-18(29-2)23(31-4)19(9-13)30-3;/h5-9,15,24H,10-11H2,1-4H3,(H,25,26);/q;+1/p-1. The molecule has 0 bridgehead atoms. The Hall–Kier alpha value is -2.72. The Morgan fingerprint density at radius 2 is 1.52 bits per heavy atom. The molecular weight excluding hydrogens is 443 g/mol. The largest absolute Gasteiger partial charge is 1.00 e. The SMILES string of the molecule is COc1ccc(C2=C(c3cc(OC)c(OC)c(OC)c3)C(=O)C(O)C2)cc1OCC(=O)[O-].[Na+]. The molecule has 1 N–H and O–H groups in total. The number of Topliss-reactive ketones (excluding diaryl/α,β-unsaturated/α-hetero) is 1. The molecule has 2 aromatic carbocycles. The summed E-state index contributed by atoms with van der Waals surface area (Å²) in [4.78, 5) is 23.7. The number of hydrogen-bond donors (Lipinski definition) is 1. The summed E-state index contributed by atoms with van der Waals surface area (Å²) >= 11 is 0. The number of rotatable bonds is 9. The summed E-state index contributed by atoms with van der Waals surface area (Å²) in [5.74, 6) is -0.279. The first kappa shape index (κ1) is 26.5. The minimum atomic E-state index is -1.39. The molecule has 0 fully saturated rings. The first-order valence-corrected chi connectivity index (χ1v) is 9.61. The first-order chi connectivity index (χ1) is 15.3. The molecule has 0 aromatic heterocycles. The van der Waals surface area contributed by atoms with Gasteiger partial charge in [-0.05, 0) is 41.0 Å². The molecule has 33 heavy (non-hydrogen) atoms. The molecule has 1 aliphatic carbocycles. The van der Waals surface area contributed by atoms with Crippen LogP contribution in [0.3, 0.4) is 0 Å². The third kappa shape index (κ3) is 5.44. The van der Waals surface area contributed by atoms with Crippen LogP contribution >= 0.6 is 0 Å². The van der Waals surface area contributed by atoms with Gasteiger partial charge in [-0.25, -0.2) is 0 Å². The van der Waals surface area contributed by atoms with Crippen LogP contribution < -0.4 is 58.3 Å². The van der Waals surface area contributed by atoms with E-state index in [4.69, 9.17) is 23.7 Å². The van der Waals surface area contributed by atoms with E-state index in [0.29, 0.717) is 39.7 Å². The summed E-state index contributed by atoms with van der Waals surface area (Å²) < 4.78 is 26.6. The molecule has 170 valence electrons. The monoisotopic (exact) mass is 466 g/mol. The van der Waals surface area contributed by atoms with E-state index in [0.717, 1.165) is 0 Å². The molecule has 0 radical (unpaired) electrons. The Balaban J connectivity index is 0.00000385. The number of carbonyl (C=O) groups excluding carboxylic acids is 2. The van der Waals surface area contributed by atoms with Gasteiger partial charge in [0.05, 0.1) is 34.4 Å². The molecule has 2 aromatic rings. The van der Waals surface area contributed by atoms with E-state index in [1.165, 1.54) is 28.4 Å². The predicted octanol–water partition coefficient (Wildman–Crippen LogP) is -1.90. The van der Waals surface area contributed by atoms with E-state index < -0.39 is 24.5 Å². The zero-order valence-corrected chi connectivity index (χ0v) is 21.1. The number of ketones is 1. The van der Waals surface area contributed by atoms with Crippen molar-refractivity contribution in [2.24, 2.45) is 0 Å². The maximum Gasteiger partial charge on any atom is 1.00 e. The first-order valence-electron chi connectivity index (χ1n) is 9.61. The van der Waals surface area contributed by atoms with Crippen LogP contribution in [0.5, 0.6) is 28.7 Å². The Bertz CT molecular complexity index is 1050. The number of aliphatic hydroxyl groups excluding tert-OH is 1. The van der Waals surface area contributed by atoms with Gasteiger partial charge in [0, 0.05) is 12.0 Å². The molecule has 0 amide bonds. The van der Waals surface area contributed by atoms with Gasteiger partial charge in [-0.15, -0.1) is 0 Å². The summed E-state index contributed by atoms with van der Waals surface area (Å²) in [5.41, 5.74) is 1.88. The van der Waals surface area contributed by atoms with Crippen molar-refractivity contribution in [2.45, 2.75) is 12.5 Å². The van der Waals surface area contributed by atoms with Crippen molar-refractivity contribution in [1.29, 1.82) is 0 Å². The quantitative estimate of drug-likeness (QED) is 0.422. The number of aliphatic hydroxyl groups is 1. The van der Waals surface area contributed by atoms with E-state index in [1.807, 2.05) is 0 Å². The Morgan fingerprint density at radius 1 is 0.939 bits per heavy atom. The third-order valence-electron chi connectivity index (χ3n) is 5.06. The Kier molecular flexibility index (Phi) is 9.18. The Labute approximate surface area is 213 Å². The van der Waals surface area contributed by atoms with Crippen molar-refractivity contribution in [3.63, 3.8) is 0 Å². The van der Waals surface area contributed by atoms with Crippen molar-refractivity contribution in [3.8, 4) is 28.7 Å². The maximum absolute atomic E-state index is 12.9. The van der Waals surface area contributed by atoms with Crippen LogP contribution in [0.25, 0.3) is 11.1 Å². The molecule has 1 atom stereocenters. The topological polar surface area (TPSA) is 124 Å². The number of ether oxygens (including phenoxy) is 5. The van der Waals surface area contributed by atoms with Crippen LogP contribution in [0.15, 0.2) is 30.3 Å². The number of carboxylic acids is 1. The van der Waals surface area contributed by atoms with E-state index >= 15 is 0 Å². The minimum Gasteiger partial charge on any atom is -0.546 e. The average molecular weight is 466 g/mol. The summed E-state index contributed by atoms with van der Waals surface area (Å²) in [7, 11) is 5.82. The van der Waals surface area contributed by atoms with Gasteiger partial charge in [0.2, 0.25) is 5.75 Å². The molecule has 1 unspecified atom stereocenters. The number of carbonyl (C=O) groups is 2. The zero-order chi connectivity index (χ0) is 23.4. The van der Waals surface area contributed by atoms with Gasteiger partial charge in [-0.1, -0.05) is 6.07 Å². The smallest absolute Gasteiger partial charge is 0.546 e. The van der Waals surface area contributed by atoms with E-state index in [9.17, 15) is 19.8 Å². The fourth-order valence-corrected chi connectivity index (χ4v) is 3.62. The number of benzene rings is 2. The van der Waals surface area contributed by atoms with Crippen molar-refractivity contribution < 1.29 is 73.0 Å². The summed E-state index contributed by atoms with van der Waals surface area (Å²) in [5, 5.41) is 21.2. The van der Waals surface area contributed by atoms with Crippen molar-refractivity contribution in [1.82, 2.24) is 0 Å². The van der Waals surface area contributed by atoms with Gasteiger partial charge in [-0.3, -0.25) is 4.79 Å². The molecule has 3 rings (SSSR count). The molecule has 1 aliphatic rings. The fourth-order valence-electron chi connectivity index (χ4n) is 3.62. The van der Waals surface area contributed by atoms with Gasteiger partial charge in [-0.2, -0.15) is 0 Å². The predicted molar refractivity (Wildman–Crippen MR) is 112 cm³/mol. The molecule has 0 aliphatic heterocycles. The third-order valence-corrected chi connectivity index (χ3v) is 5.06. The number of aliphatic carboxylic acids is 1. The summed E-state index contributed by atoms with van der Waals surface area (Å²) in [6.07, 6.45) is -1.16. The fraction of sp³-hybridized carbons (Fsp3) is 0.304. The van der Waals surface area contributed by atoms with Crippen LogP contribution in [0.1, 0.15) is 17.5 Å². The van der Waals surface area contributed by atoms with Crippen LogP contribution in [0.2, 0.25) is 0 Å². The Morgan fingerprint density at radius 3 is 2.03 bits per heavy atom. The number of methoxy groups -OCH3 is 4. The van der Waals surface area contributed by atoms with Gasteiger partial charge in [0.25, 0.3) is 0 Å². The van der Waals surface area contributed by atoms with Crippen LogP contribution in [-0.2, 0) is 9.59 Å². The van der Waals surface area contributed by atoms with Crippen molar-refractivity contribution >= 4 is 22.9 Å². The van der Waals surface area contributed by atoms with Crippen LogP contribution in [0.4, 0.5) is 0 Å². The molecule has 0 heterocycles. The van der Waals surface area contributed by atoms with Gasteiger partial charge >= 0.3 is 29.6 Å². The van der Waals surface area contributed by atoms with E-state index in [1.54, 1.807) is 30.3 Å². The number of hydrogen-bond acceptors (Lipinski definition) is 9. The summed E-state index contributed by atoms with van der Waals surface area (Å²) in [6, 6.07) is 8.10. The molecule has 0 saturated carbocycles. The molecule has 0 saturated heterocycles. The molecule has 10 heteroatoms. The van der Waals surface area contributed by atoms with Crippen LogP contribution in [-0.4, -0.2) is 58.0 Å². The number of carboxylic acid groups (broad SMARTS) is 1. The second kappa shape index (κ2) is 11.4. The van der Waals surface area contributed by atoms with Crippen LogP contribution in [0, 0.1) is 0 Å². The average Bonchev–Trinajstić information content (AvgIpc) is 3.10. The van der Waals surface area contributed by atoms with Gasteiger partial charge < -0.3 is 38.7 Å². The normalized spacial score (nSPS) is 15.1. The van der Waals surface area contributed by atoms with Crippen molar-refractivity contribution in [3.05, 3.63) is 41.5 Å². The van der Waals surface area contributed by atoms with Gasteiger partial charge in [0.15, 0.2) is 28.8 Å². The summed E-state index contributed by atoms with van der Waals surface area (Å²) in [6.45, 7) is -0.667.